The Balaban J connectivity index is 1.41. The van der Waals surface area contributed by atoms with E-state index in [2.05, 4.69) is 17.5 Å². The quantitative estimate of drug-likeness (QED) is 0.633. The highest BCUT2D eigenvalue weighted by Gasteiger charge is 2.28. The zero-order valence-electron chi connectivity index (χ0n) is 16.8. The van der Waals surface area contributed by atoms with Gasteiger partial charge in [0.15, 0.2) is 0 Å². The first kappa shape index (κ1) is 19.7. The predicted molar refractivity (Wildman–Crippen MR) is 116 cm³/mol. The van der Waals surface area contributed by atoms with Gasteiger partial charge in [0.25, 0.3) is 0 Å². The molecule has 150 valence electrons. The highest BCUT2D eigenvalue weighted by molar-refractivity contribution is 5.85. The molecule has 0 spiro atoms. The Morgan fingerprint density at radius 1 is 1.03 bits per heavy atom. The Hall–Kier alpha value is -3.58. The zero-order valence-corrected chi connectivity index (χ0v) is 16.8. The average molecular weight is 396 g/mol. The monoisotopic (exact) mass is 396 g/mol. The van der Waals surface area contributed by atoms with Gasteiger partial charge in [-0.1, -0.05) is 66.7 Å². The van der Waals surface area contributed by atoms with Crippen molar-refractivity contribution < 1.29 is 9.53 Å². The van der Waals surface area contributed by atoms with Gasteiger partial charge in [0, 0.05) is 0 Å². The summed E-state index contributed by atoms with van der Waals surface area (Å²) in [6.45, 7) is 0.486. The molecule has 3 aromatic rings. The molecule has 0 fully saturated rings. The summed E-state index contributed by atoms with van der Waals surface area (Å²) in [6, 6.07) is 26.9. The summed E-state index contributed by atoms with van der Waals surface area (Å²) in [6.07, 6.45) is 2.80. The van der Waals surface area contributed by atoms with Gasteiger partial charge in [-0.25, -0.2) is 0 Å². The molecule has 0 saturated heterocycles. The summed E-state index contributed by atoms with van der Waals surface area (Å²) in [5.41, 5.74) is 4.17. The van der Waals surface area contributed by atoms with E-state index in [0.717, 1.165) is 41.7 Å². The molecular formula is C26H24N2O2. The first-order chi connectivity index (χ1) is 14.7. The molecule has 30 heavy (non-hydrogen) atoms. The van der Waals surface area contributed by atoms with E-state index in [0.29, 0.717) is 6.61 Å². The first-order valence-electron chi connectivity index (χ1n) is 10.3. The molecule has 0 aliphatic heterocycles. The number of rotatable bonds is 6. The first-order valence-corrected chi connectivity index (χ1v) is 10.3. The third-order valence-electron chi connectivity index (χ3n) is 5.56. The lowest BCUT2D eigenvalue weighted by molar-refractivity contribution is -0.123. The van der Waals surface area contributed by atoms with Gasteiger partial charge in [0.1, 0.15) is 18.4 Å². The fraction of sp³-hybridized carbons (Fsp3) is 0.231. The van der Waals surface area contributed by atoms with Gasteiger partial charge < -0.3 is 10.1 Å². The molecule has 1 aliphatic rings. The number of hydrogen-bond acceptors (Lipinski definition) is 3. The average Bonchev–Trinajstić information content (AvgIpc) is 2.82. The Kier molecular flexibility index (Phi) is 6.10. The minimum absolute atomic E-state index is 0.0851. The largest absolute Gasteiger partial charge is 0.489 e. The van der Waals surface area contributed by atoms with Gasteiger partial charge in [-0.2, -0.15) is 5.26 Å². The van der Waals surface area contributed by atoms with Crippen LogP contribution in [0, 0.1) is 11.3 Å². The van der Waals surface area contributed by atoms with Crippen LogP contribution < -0.4 is 10.1 Å². The summed E-state index contributed by atoms with van der Waals surface area (Å²) >= 11 is 0. The number of nitrogens with zero attached hydrogens (tertiary/aromatic N) is 1. The molecule has 1 N–H and O–H groups in total. The van der Waals surface area contributed by atoms with Gasteiger partial charge in [-0.05, 0) is 53.6 Å². The van der Waals surface area contributed by atoms with E-state index in [1.807, 2.05) is 72.8 Å². The minimum atomic E-state index is -0.685. The summed E-state index contributed by atoms with van der Waals surface area (Å²) in [7, 11) is 0. The fourth-order valence-electron chi connectivity index (χ4n) is 3.96. The van der Waals surface area contributed by atoms with E-state index in [9.17, 15) is 10.1 Å². The van der Waals surface area contributed by atoms with Crippen molar-refractivity contribution in [3.8, 4) is 11.8 Å². The molecule has 1 aliphatic carbocycles. The van der Waals surface area contributed by atoms with Crippen molar-refractivity contribution in [3.63, 3.8) is 0 Å². The topological polar surface area (TPSA) is 62.1 Å². The van der Waals surface area contributed by atoms with Crippen LogP contribution in [-0.2, 0) is 17.8 Å². The van der Waals surface area contributed by atoms with Crippen LogP contribution in [0.2, 0.25) is 0 Å². The van der Waals surface area contributed by atoms with Crippen molar-refractivity contribution in [3.05, 3.63) is 101 Å². The number of carbonyl (C=O) groups is 1. The smallest absolute Gasteiger partial charge is 0.228 e. The number of nitriles is 1. The second-order valence-corrected chi connectivity index (χ2v) is 7.56. The Bertz CT molecular complexity index is 1040. The molecule has 0 bridgehead atoms. The van der Waals surface area contributed by atoms with Crippen molar-refractivity contribution in [1.82, 2.24) is 5.32 Å². The zero-order chi connectivity index (χ0) is 20.8. The maximum atomic E-state index is 12.9. The molecule has 2 unspecified atom stereocenters. The van der Waals surface area contributed by atoms with Crippen LogP contribution in [-0.4, -0.2) is 5.91 Å². The molecule has 0 radical (unpaired) electrons. The number of benzene rings is 3. The number of aryl methyl sites for hydroxylation is 1. The van der Waals surface area contributed by atoms with Crippen molar-refractivity contribution in [2.45, 2.75) is 37.8 Å². The molecule has 4 rings (SSSR count). The van der Waals surface area contributed by atoms with E-state index in [1.54, 1.807) is 0 Å². The normalized spacial score (nSPS) is 16.0. The van der Waals surface area contributed by atoms with E-state index < -0.39 is 6.04 Å². The highest BCUT2D eigenvalue weighted by atomic mass is 16.5. The van der Waals surface area contributed by atoms with Crippen LogP contribution in [0.5, 0.6) is 5.75 Å². The standard InChI is InChI=1S/C26H24N2O2/c27-17-25(28-26(29)24-12-6-10-20-9-4-5-11-23(20)24)21-13-15-22(16-14-21)30-18-19-7-2-1-3-8-19/h1-5,7-9,11,13-16,24-25H,6,10,12,18H2,(H,28,29). The molecule has 0 aromatic heterocycles. The van der Waals surface area contributed by atoms with Crippen LogP contribution in [0.4, 0.5) is 0 Å². The second-order valence-electron chi connectivity index (χ2n) is 7.56. The Morgan fingerprint density at radius 3 is 2.53 bits per heavy atom. The number of carbonyl (C=O) groups excluding carboxylic acids is 1. The van der Waals surface area contributed by atoms with Crippen molar-refractivity contribution >= 4 is 5.91 Å². The van der Waals surface area contributed by atoms with Gasteiger partial charge in [-0.3, -0.25) is 4.79 Å². The van der Waals surface area contributed by atoms with Crippen molar-refractivity contribution in [2.24, 2.45) is 0 Å². The molecule has 4 heteroatoms. The lowest BCUT2D eigenvalue weighted by Gasteiger charge is -2.25. The maximum absolute atomic E-state index is 12.9. The second kappa shape index (κ2) is 9.28. The SMILES string of the molecule is N#CC(NC(=O)C1CCCc2ccccc21)c1ccc(OCc2ccccc2)cc1. The van der Waals surface area contributed by atoms with Crippen molar-refractivity contribution in [1.29, 1.82) is 5.26 Å². The van der Waals surface area contributed by atoms with Gasteiger partial charge in [0.05, 0.1) is 12.0 Å². The highest BCUT2D eigenvalue weighted by Crippen LogP contribution is 2.32. The van der Waals surface area contributed by atoms with E-state index in [1.165, 1.54) is 5.56 Å². The van der Waals surface area contributed by atoms with Crippen LogP contribution in [0.25, 0.3) is 0 Å². The van der Waals surface area contributed by atoms with Gasteiger partial charge in [0.2, 0.25) is 5.91 Å². The lowest BCUT2D eigenvalue weighted by atomic mass is 9.82. The van der Waals surface area contributed by atoms with Gasteiger partial charge in [-0.15, -0.1) is 0 Å². The van der Waals surface area contributed by atoms with Crippen LogP contribution in [0.15, 0.2) is 78.9 Å². The lowest BCUT2D eigenvalue weighted by Crippen LogP contribution is -2.33. The Morgan fingerprint density at radius 2 is 1.77 bits per heavy atom. The van der Waals surface area contributed by atoms with E-state index >= 15 is 0 Å². The molecule has 0 saturated carbocycles. The van der Waals surface area contributed by atoms with Gasteiger partial charge >= 0.3 is 0 Å². The van der Waals surface area contributed by atoms with Crippen LogP contribution in [0.3, 0.4) is 0 Å². The molecule has 1 amide bonds. The number of amides is 1. The summed E-state index contributed by atoms with van der Waals surface area (Å²) < 4.78 is 5.81. The Labute approximate surface area is 177 Å². The summed E-state index contributed by atoms with van der Waals surface area (Å²) in [5, 5.41) is 12.6. The van der Waals surface area contributed by atoms with Crippen LogP contribution in [0.1, 0.15) is 47.1 Å². The van der Waals surface area contributed by atoms with E-state index in [4.69, 9.17) is 4.74 Å². The number of nitrogens with one attached hydrogen (secondary N) is 1. The molecular weight excluding hydrogens is 372 g/mol. The third kappa shape index (κ3) is 4.52. The maximum Gasteiger partial charge on any atom is 0.228 e. The number of fused-ring (bicyclic) bond motifs is 1. The molecule has 0 heterocycles. The minimum Gasteiger partial charge on any atom is -0.489 e. The van der Waals surface area contributed by atoms with E-state index in [-0.39, 0.29) is 11.8 Å². The molecule has 3 aromatic carbocycles. The number of ether oxygens (including phenoxy) is 1. The summed E-state index contributed by atoms with van der Waals surface area (Å²) in [4.78, 5) is 12.9. The number of hydrogen-bond donors (Lipinski definition) is 1. The fourth-order valence-corrected chi connectivity index (χ4v) is 3.96. The summed E-state index contributed by atoms with van der Waals surface area (Å²) in [5.74, 6) is 0.448. The third-order valence-corrected chi connectivity index (χ3v) is 5.56. The molecule has 4 nitrogen and oxygen atoms in total. The molecule has 2 atom stereocenters. The predicted octanol–water partition coefficient (Wildman–Crippen LogP) is 5.07. The van der Waals surface area contributed by atoms with Crippen LogP contribution >= 0.6 is 0 Å². The van der Waals surface area contributed by atoms with Crippen molar-refractivity contribution in [2.75, 3.05) is 0 Å².